The molecule has 2 N–H and O–H groups in total. The average molecular weight is 418 g/mol. The lowest BCUT2D eigenvalue weighted by Crippen LogP contribution is -2.18. The molecule has 0 radical (unpaired) electrons. The molecule has 0 aliphatic heterocycles. The largest absolute Gasteiger partial charge is 0.573 e. The van der Waals surface area contributed by atoms with Gasteiger partial charge in [-0.05, 0) is 35.4 Å². The van der Waals surface area contributed by atoms with Gasteiger partial charge in [0.25, 0.3) is 0 Å². The molecule has 0 amide bonds. The predicted molar refractivity (Wildman–Crippen MR) is 87.0 cm³/mol. The molecule has 2 aromatic carbocycles. The Labute approximate surface area is 156 Å². The number of benzene rings is 2. The van der Waals surface area contributed by atoms with Gasteiger partial charge in [0.15, 0.2) is 11.5 Å². The molecule has 0 aliphatic carbocycles. The van der Waals surface area contributed by atoms with Gasteiger partial charge in [-0.25, -0.2) is 0 Å². The zero-order chi connectivity index (χ0) is 19.4. The van der Waals surface area contributed by atoms with Crippen LogP contribution in [-0.2, 0) is 0 Å². The summed E-state index contributed by atoms with van der Waals surface area (Å²) in [5.41, 5.74) is 5.86. The van der Waals surface area contributed by atoms with E-state index in [-0.39, 0.29) is 36.9 Å². The Morgan fingerprint density at radius 1 is 0.778 bits per heavy atom. The first-order valence-corrected chi connectivity index (χ1v) is 7.16. The van der Waals surface area contributed by atoms with Crippen molar-refractivity contribution >= 4 is 12.4 Å². The van der Waals surface area contributed by atoms with Crippen LogP contribution in [0.5, 0.6) is 17.2 Å². The van der Waals surface area contributed by atoms with Crippen LogP contribution in [-0.4, -0.2) is 25.9 Å². The van der Waals surface area contributed by atoms with E-state index in [0.29, 0.717) is 5.56 Å². The second-order valence-electron chi connectivity index (χ2n) is 4.92. The van der Waals surface area contributed by atoms with Crippen molar-refractivity contribution in [2.45, 2.75) is 12.7 Å². The molecular formula is C16H14ClF6NO3. The molecule has 0 fully saturated rings. The van der Waals surface area contributed by atoms with E-state index in [9.17, 15) is 26.3 Å². The Morgan fingerprint density at radius 2 is 1.41 bits per heavy atom. The lowest BCUT2D eigenvalue weighted by Gasteiger charge is -2.15. The Morgan fingerprint density at radius 3 is 2.00 bits per heavy atom. The first kappa shape index (κ1) is 22.7. The third kappa shape index (κ3) is 7.43. The molecule has 0 aliphatic rings. The van der Waals surface area contributed by atoms with E-state index >= 15 is 0 Å². The maximum Gasteiger partial charge on any atom is 0.573 e. The summed E-state index contributed by atoms with van der Waals surface area (Å²) in [7, 11) is 0. The van der Waals surface area contributed by atoms with Gasteiger partial charge in [-0.15, -0.1) is 38.7 Å². The fourth-order valence-electron chi connectivity index (χ4n) is 2.05. The molecule has 0 heterocycles. The summed E-state index contributed by atoms with van der Waals surface area (Å²) < 4.78 is 87.1. The molecular weight excluding hydrogens is 404 g/mol. The van der Waals surface area contributed by atoms with Crippen LogP contribution in [0, 0.1) is 0 Å². The highest BCUT2D eigenvalue weighted by Gasteiger charge is 2.33. The van der Waals surface area contributed by atoms with Crippen LogP contribution in [0.1, 0.15) is 0 Å². The second kappa shape index (κ2) is 9.05. The molecule has 150 valence electrons. The zero-order valence-electron chi connectivity index (χ0n) is 13.4. The molecule has 27 heavy (non-hydrogen) atoms. The van der Waals surface area contributed by atoms with E-state index in [1.54, 1.807) is 0 Å². The number of hydrogen-bond donors (Lipinski definition) is 1. The Balaban J connectivity index is 0.00000364. The first-order valence-electron chi connectivity index (χ1n) is 7.16. The molecule has 0 aromatic heterocycles. The number of halogens is 7. The topological polar surface area (TPSA) is 53.7 Å². The van der Waals surface area contributed by atoms with Crippen molar-refractivity contribution in [1.82, 2.24) is 0 Å². The molecule has 0 bridgehead atoms. The lowest BCUT2D eigenvalue weighted by atomic mass is 10.0. The van der Waals surface area contributed by atoms with Crippen molar-refractivity contribution in [1.29, 1.82) is 0 Å². The molecule has 0 unspecified atom stereocenters. The zero-order valence-corrected chi connectivity index (χ0v) is 14.3. The molecule has 11 heteroatoms. The SMILES string of the molecule is Cl.NCCOc1cc(-c2cccc(OC(F)(F)F)c2)ccc1OC(F)(F)F. The van der Waals surface area contributed by atoms with Crippen LogP contribution in [0.2, 0.25) is 0 Å². The average Bonchev–Trinajstić information content (AvgIpc) is 2.51. The normalized spacial score (nSPS) is 11.5. The summed E-state index contributed by atoms with van der Waals surface area (Å²) >= 11 is 0. The van der Waals surface area contributed by atoms with Crippen molar-refractivity contribution in [2.24, 2.45) is 5.73 Å². The molecule has 0 saturated carbocycles. The number of ether oxygens (including phenoxy) is 3. The Hall–Kier alpha value is -2.33. The van der Waals surface area contributed by atoms with Crippen LogP contribution >= 0.6 is 12.4 Å². The van der Waals surface area contributed by atoms with Crippen LogP contribution in [0.3, 0.4) is 0 Å². The van der Waals surface area contributed by atoms with Crippen molar-refractivity contribution in [2.75, 3.05) is 13.2 Å². The van der Waals surface area contributed by atoms with Gasteiger partial charge >= 0.3 is 12.7 Å². The van der Waals surface area contributed by atoms with Gasteiger partial charge < -0.3 is 19.9 Å². The maximum atomic E-state index is 12.5. The van der Waals surface area contributed by atoms with Gasteiger partial charge in [0.1, 0.15) is 12.4 Å². The summed E-state index contributed by atoms with van der Waals surface area (Å²) in [5.74, 6) is -1.29. The summed E-state index contributed by atoms with van der Waals surface area (Å²) in [6.07, 6.45) is -9.79. The fraction of sp³-hybridized carbons (Fsp3) is 0.250. The van der Waals surface area contributed by atoms with Crippen molar-refractivity contribution < 1.29 is 40.6 Å². The second-order valence-corrected chi connectivity index (χ2v) is 4.92. The molecule has 0 atom stereocenters. The van der Waals surface area contributed by atoms with Gasteiger partial charge in [-0.3, -0.25) is 0 Å². The van der Waals surface area contributed by atoms with Crippen LogP contribution in [0.25, 0.3) is 11.1 Å². The minimum atomic E-state index is -4.93. The van der Waals surface area contributed by atoms with E-state index in [0.717, 1.165) is 18.2 Å². The quantitative estimate of drug-likeness (QED) is 0.679. The van der Waals surface area contributed by atoms with Crippen LogP contribution < -0.4 is 19.9 Å². The molecule has 2 aromatic rings. The fourth-order valence-corrected chi connectivity index (χ4v) is 2.05. The standard InChI is InChI=1S/C16H13F6NO3.ClH/c17-15(18,19)25-12-3-1-2-10(8-12)11-4-5-13(26-16(20,21)22)14(9-11)24-7-6-23;/h1-5,8-9H,6-7,23H2;1H. The Bertz CT molecular complexity index is 752. The minimum absolute atomic E-state index is 0. The smallest absolute Gasteiger partial charge is 0.488 e. The number of hydrogen-bond acceptors (Lipinski definition) is 4. The van der Waals surface area contributed by atoms with Gasteiger partial charge in [0.05, 0.1) is 0 Å². The highest BCUT2D eigenvalue weighted by Crippen LogP contribution is 2.37. The summed E-state index contributed by atoms with van der Waals surface area (Å²) in [4.78, 5) is 0. The highest BCUT2D eigenvalue weighted by atomic mass is 35.5. The van der Waals surface area contributed by atoms with Gasteiger partial charge in [0, 0.05) is 6.54 Å². The third-order valence-electron chi connectivity index (χ3n) is 2.95. The van der Waals surface area contributed by atoms with E-state index in [1.807, 2.05) is 0 Å². The van der Waals surface area contributed by atoms with E-state index < -0.39 is 24.2 Å². The van der Waals surface area contributed by atoms with E-state index in [1.165, 1.54) is 24.3 Å². The van der Waals surface area contributed by atoms with Crippen LogP contribution in [0.15, 0.2) is 42.5 Å². The number of nitrogens with two attached hydrogens (primary N) is 1. The van der Waals surface area contributed by atoms with E-state index in [2.05, 4.69) is 9.47 Å². The Kier molecular flexibility index (Phi) is 7.61. The summed E-state index contributed by atoms with van der Waals surface area (Å²) in [5, 5.41) is 0. The minimum Gasteiger partial charge on any atom is -0.488 e. The molecule has 4 nitrogen and oxygen atoms in total. The number of alkyl halides is 6. The summed E-state index contributed by atoms with van der Waals surface area (Å²) in [6.45, 7) is -0.0283. The highest BCUT2D eigenvalue weighted by molar-refractivity contribution is 5.85. The van der Waals surface area contributed by atoms with Crippen molar-refractivity contribution in [3.63, 3.8) is 0 Å². The summed E-state index contributed by atoms with van der Waals surface area (Å²) in [6, 6.07) is 8.45. The van der Waals surface area contributed by atoms with Gasteiger partial charge in [-0.1, -0.05) is 18.2 Å². The number of rotatable bonds is 6. The monoisotopic (exact) mass is 417 g/mol. The molecule has 0 spiro atoms. The molecule has 2 rings (SSSR count). The van der Waals surface area contributed by atoms with E-state index in [4.69, 9.17) is 10.5 Å². The maximum absolute atomic E-state index is 12.5. The van der Waals surface area contributed by atoms with Crippen LogP contribution in [0.4, 0.5) is 26.3 Å². The first-order chi connectivity index (χ1) is 12.1. The molecule has 0 saturated heterocycles. The lowest BCUT2D eigenvalue weighted by molar-refractivity contribution is -0.275. The van der Waals surface area contributed by atoms with Crippen molar-refractivity contribution in [3.05, 3.63) is 42.5 Å². The van der Waals surface area contributed by atoms with Crippen molar-refractivity contribution in [3.8, 4) is 28.4 Å². The predicted octanol–water partition coefficient (Wildman–Crippen LogP) is 4.91. The third-order valence-corrected chi connectivity index (χ3v) is 2.95. The van der Waals surface area contributed by atoms with Gasteiger partial charge in [-0.2, -0.15) is 0 Å². The van der Waals surface area contributed by atoms with Gasteiger partial charge in [0.2, 0.25) is 0 Å².